The lowest BCUT2D eigenvalue weighted by molar-refractivity contribution is -0.141. The van der Waals surface area contributed by atoms with Gasteiger partial charge in [0, 0.05) is 31.1 Å². The summed E-state index contributed by atoms with van der Waals surface area (Å²) in [5.41, 5.74) is 2.73. The molecule has 0 fully saturated rings. The lowest BCUT2D eigenvalue weighted by atomic mass is 10.1. The number of hydrogen-bond donors (Lipinski definition) is 1. The third kappa shape index (κ3) is 8.33. The molecule has 0 aliphatic heterocycles. The molecule has 0 heterocycles. The number of carbonyl (C=O) groups excluding carboxylic acids is 2. The van der Waals surface area contributed by atoms with Gasteiger partial charge in [0.25, 0.3) is 0 Å². The number of amides is 2. The smallest absolute Gasteiger partial charge is 0.242 e. The summed E-state index contributed by atoms with van der Waals surface area (Å²) in [5, 5.41) is 2.88. The molecule has 2 rings (SSSR count). The Balaban J connectivity index is 2.21. The molecule has 2 atom stereocenters. The number of rotatable bonds is 12. The predicted octanol–water partition coefficient (Wildman–Crippen LogP) is 4.32. The Hall–Kier alpha value is -2.94. The van der Waals surface area contributed by atoms with Crippen molar-refractivity contribution in [1.82, 2.24) is 10.2 Å². The maximum atomic E-state index is 14.4. The van der Waals surface area contributed by atoms with Gasteiger partial charge < -0.3 is 10.2 Å². The Morgan fingerprint density at radius 2 is 1.67 bits per heavy atom. The summed E-state index contributed by atoms with van der Waals surface area (Å²) in [5.74, 6) is -1.12. The molecular weight excluding hydrogens is 481 g/mol. The van der Waals surface area contributed by atoms with Crippen molar-refractivity contribution >= 4 is 27.5 Å². The van der Waals surface area contributed by atoms with Crippen LogP contribution in [0, 0.1) is 19.7 Å². The number of benzene rings is 2. The summed E-state index contributed by atoms with van der Waals surface area (Å²) < 4.78 is 40.7. The van der Waals surface area contributed by atoms with Crippen LogP contribution < -0.4 is 9.62 Å². The molecule has 2 aromatic rings. The van der Waals surface area contributed by atoms with E-state index in [1.807, 2.05) is 33.8 Å². The fourth-order valence-electron chi connectivity index (χ4n) is 3.96. The number of hydrogen-bond acceptors (Lipinski definition) is 4. The molecule has 7 nitrogen and oxygen atoms in total. The van der Waals surface area contributed by atoms with Gasteiger partial charge in [-0.25, -0.2) is 12.8 Å². The molecule has 0 saturated heterocycles. The second-order valence-electron chi connectivity index (χ2n) is 9.39. The quantitative estimate of drug-likeness (QED) is 0.453. The van der Waals surface area contributed by atoms with E-state index in [4.69, 9.17) is 0 Å². The molecule has 0 aliphatic carbocycles. The van der Waals surface area contributed by atoms with Crippen LogP contribution in [0.3, 0.4) is 0 Å². The topological polar surface area (TPSA) is 86.8 Å². The second kappa shape index (κ2) is 12.9. The molecule has 0 spiro atoms. The number of anilines is 1. The van der Waals surface area contributed by atoms with Crippen molar-refractivity contribution in [2.45, 2.75) is 72.5 Å². The Morgan fingerprint density at radius 1 is 1.06 bits per heavy atom. The van der Waals surface area contributed by atoms with E-state index in [-0.39, 0.29) is 43.8 Å². The van der Waals surface area contributed by atoms with E-state index < -0.39 is 21.9 Å². The van der Waals surface area contributed by atoms with Crippen LogP contribution in [0.4, 0.5) is 10.1 Å². The van der Waals surface area contributed by atoms with Gasteiger partial charge in [-0.3, -0.25) is 13.9 Å². The normalized spacial score (nSPS) is 13.1. The number of nitrogens with one attached hydrogen (secondary N) is 1. The van der Waals surface area contributed by atoms with Crippen molar-refractivity contribution in [3.8, 4) is 0 Å². The van der Waals surface area contributed by atoms with Crippen LogP contribution in [0.1, 0.15) is 56.7 Å². The molecule has 198 valence electrons. The molecular formula is C27H38FN3O4S. The van der Waals surface area contributed by atoms with Crippen LogP contribution in [0.2, 0.25) is 0 Å². The molecule has 2 aromatic carbocycles. The van der Waals surface area contributed by atoms with Gasteiger partial charge in [0.05, 0.1) is 11.9 Å². The minimum atomic E-state index is -3.58. The fraction of sp³-hybridized carbons (Fsp3) is 0.481. The van der Waals surface area contributed by atoms with Crippen LogP contribution in [0.25, 0.3) is 0 Å². The van der Waals surface area contributed by atoms with Crippen molar-refractivity contribution in [3.63, 3.8) is 0 Å². The summed E-state index contributed by atoms with van der Waals surface area (Å²) in [4.78, 5) is 27.5. The van der Waals surface area contributed by atoms with E-state index in [2.05, 4.69) is 5.32 Å². The van der Waals surface area contributed by atoms with Gasteiger partial charge in [-0.15, -0.1) is 0 Å². The first-order valence-corrected chi connectivity index (χ1v) is 14.1. The van der Waals surface area contributed by atoms with Gasteiger partial charge in [0.2, 0.25) is 21.8 Å². The predicted molar refractivity (Wildman–Crippen MR) is 142 cm³/mol. The van der Waals surface area contributed by atoms with Gasteiger partial charge >= 0.3 is 0 Å². The number of carbonyl (C=O) groups is 2. The lowest BCUT2D eigenvalue weighted by Gasteiger charge is -2.30. The maximum absolute atomic E-state index is 14.4. The largest absolute Gasteiger partial charge is 0.352 e. The van der Waals surface area contributed by atoms with E-state index in [1.54, 1.807) is 37.3 Å². The van der Waals surface area contributed by atoms with Crippen molar-refractivity contribution in [2.75, 3.05) is 17.1 Å². The van der Waals surface area contributed by atoms with Crippen molar-refractivity contribution in [3.05, 3.63) is 65.0 Å². The number of halogens is 1. The monoisotopic (exact) mass is 519 g/mol. The van der Waals surface area contributed by atoms with E-state index in [0.29, 0.717) is 11.3 Å². The minimum absolute atomic E-state index is 0.00617. The van der Waals surface area contributed by atoms with E-state index in [0.717, 1.165) is 23.8 Å². The molecule has 2 amide bonds. The number of nitrogens with zero attached hydrogens (tertiary/aromatic N) is 2. The van der Waals surface area contributed by atoms with Gasteiger partial charge in [-0.2, -0.15) is 0 Å². The minimum Gasteiger partial charge on any atom is -0.352 e. The van der Waals surface area contributed by atoms with Crippen LogP contribution in [-0.2, 0) is 26.2 Å². The average Bonchev–Trinajstić information content (AvgIpc) is 2.79. The Bertz CT molecular complexity index is 1150. The molecule has 0 aromatic heterocycles. The van der Waals surface area contributed by atoms with Gasteiger partial charge in [0.15, 0.2) is 0 Å². The molecule has 1 N–H and O–H groups in total. The highest BCUT2D eigenvalue weighted by Crippen LogP contribution is 2.22. The van der Waals surface area contributed by atoms with E-state index >= 15 is 0 Å². The van der Waals surface area contributed by atoms with Crippen molar-refractivity contribution < 1.29 is 22.4 Å². The summed E-state index contributed by atoms with van der Waals surface area (Å²) >= 11 is 0. The van der Waals surface area contributed by atoms with Gasteiger partial charge in [0.1, 0.15) is 11.9 Å². The van der Waals surface area contributed by atoms with Crippen molar-refractivity contribution in [2.24, 2.45) is 0 Å². The fourth-order valence-corrected chi connectivity index (χ4v) is 4.91. The summed E-state index contributed by atoms with van der Waals surface area (Å²) in [6.45, 7) is 9.28. The Kier molecular flexibility index (Phi) is 10.5. The highest BCUT2D eigenvalue weighted by Gasteiger charge is 2.28. The Morgan fingerprint density at radius 3 is 2.22 bits per heavy atom. The van der Waals surface area contributed by atoms with Gasteiger partial charge in [-0.1, -0.05) is 31.2 Å². The van der Waals surface area contributed by atoms with Crippen LogP contribution in [-0.4, -0.2) is 50.0 Å². The third-order valence-electron chi connectivity index (χ3n) is 6.11. The highest BCUT2D eigenvalue weighted by atomic mass is 32.2. The standard InChI is InChI=1S/C27H38FN3O4S/c1-7-21(4)29-27(33)22(5)30(18-23-11-8-9-12-25(23)28)26(32)13-10-14-31(36(6,34)35)24-16-19(2)15-20(3)17-24/h8-9,11-12,15-17,21-22H,7,10,13-14,18H2,1-6H3,(H,29,33)/t21-,22-/m0/s1. The molecule has 36 heavy (non-hydrogen) atoms. The zero-order chi connectivity index (χ0) is 27.0. The third-order valence-corrected chi connectivity index (χ3v) is 7.31. The summed E-state index contributed by atoms with van der Waals surface area (Å²) in [7, 11) is -3.58. The van der Waals surface area contributed by atoms with Gasteiger partial charge in [-0.05, 0) is 69.9 Å². The lowest BCUT2D eigenvalue weighted by Crippen LogP contribution is -2.49. The molecule has 0 unspecified atom stereocenters. The van der Waals surface area contributed by atoms with Crippen LogP contribution >= 0.6 is 0 Å². The molecule has 0 bridgehead atoms. The van der Waals surface area contributed by atoms with E-state index in [1.165, 1.54) is 15.3 Å². The first-order chi connectivity index (χ1) is 16.8. The Labute approximate surface area is 214 Å². The molecule has 0 aliphatic rings. The molecule has 9 heteroatoms. The summed E-state index contributed by atoms with van der Waals surface area (Å²) in [6.07, 6.45) is 2.12. The second-order valence-corrected chi connectivity index (χ2v) is 11.3. The summed E-state index contributed by atoms with van der Waals surface area (Å²) in [6, 6.07) is 10.8. The molecule has 0 radical (unpaired) electrons. The SMILES string of the molecule is CC[C@H](C)NC(=O)[C@H](C)N(Cc1ccccc1F)C(=O)CCCN(c1cc(C)cc(C)c1)S(C)(=O)=O. The van der Waals surface area contributed by atoms with E-state index in [9.17, 15) is 22.4 Å². The highest BCUT2D eigenvalue weighted by molar-refractivity contribution is 7.92. The average molecular weight is 520 g/mol. The zero-order valence-electron chi connectivity index (χ0n) is 22.0. The van der Waals surface area contributed by atoms with Crippen LogP contribution in [0.15, 0.2) is 42.5 Å². The number of aryl methyl sites for hydroxylation is 2. The first kappa shape index (κ1) is 29.3. The van der Waals surface area contributed by atoms with Crippen molar-refractivity contribution in [1.29, 1.82) is 0 Å². The molecule has 0 saturated carbocycles. The van der Waals surface area contributed by atoms with Crippen LogP contribution in [0.5, 0.6) is 0 Å². The number of sulfonamides is 1. The maximum Gasteiger partial charge on any atom is 0.242 e. The zero-order valence-corrected chi connectivity index (χ0v) is 22.9. The first-order valence-electron chi connectivity index (χ1n) is 12.2.